The van der Waals surface area contributed by atoms with Crippen LogP contribution in [-0.4, -0.2) is 27.4 Å². The van der Waals surface area contributed by atoms with Gasteiger partial charge in [-0.05, 0) is 31.5 Å². The number of fused-ring (bicyclic) bond motifs is 1. The third kappa shape index (κ3) is 1.93. The van der Waals surface area contributed by atoms with Gasteiger partial charge in [0.15, 0.2) is 17.8 Å². The second kappa shape index (κ2) is 4.25. The summed E-state index contributed by atoms with van der Waals surface area (Å²) in [6.45, 7) is 1.03. The van der Waals surface area contributed by atoms with Crippen LogP contribution in [-0.2, 0) is 0 Å². The Kier molecular flexibility index (Phi) is 2.60. The van der Waals surface area contributed by atoms with Gasteiger partial charge in [0.05, 0.1) is 6.04 Å². The number of piperidine rings is 1. The first-order chi connectivity index (χ1) is 8.36. The van der Waals surface area contributed by atoms with Gasteiger partial charge in [-0.15, -0.1) is 5.10 Å². The van der Waals surface area contributed by atoms with Crippen LogP contribution in [0.3, 0.4) is 0 Å². The zero-order chi connectivity index (χ0) is 11.7. The van der Waals surface area contributed by atoms with E-state index in [1.807, 2.05) is 6.07 Å². The molecule has 17 heavy (non-hydrogen) atoms. The molecule has 1 atom stereocenters. The molecule has 0 bridgehead atoms. The van der Waals surface area contributed by atoms with Gasteiger partial charge in [0.2, 0.25) is 0 Å². The maximum Gasteiger partial charge on any atom is 0.168 e. The summed E-state index contributed by atoms with van der Waals surface area (Å²) in [4.78, 5) is 15.2. The van der Waals surface area contributed by atoms with Crippen LogP contribution in [0.2, 0.25) is 0 Å². The fourth-order valence-electron chi connectivity index (χ4n) is 2.21. The third-order valence-electron chi connectivity index (χ3n) is 3.13. The Bertz CT molecular complexity index is 542. The van der Waals surface area contributed by atoms with E-state index in [0.717, 1.165) is 30.7 Å². The Morgan fingerprint density at radius 2 is 2.35 bits per heavy atom. The van der Waals surface area contributed by atoms with Crippen LogP contribution in [0.25, 0.3) is 5.65 Å². The number of aromatic nitrogens is 3. The minimum absolute atomic E-state index is 0.253. The summed E-state index contributed by atoms with van der Waals surface area (Å²) < 4.78 is 1.68. The number of carbonyl (C=O) groups is 1. The SMILES string of the molecule is O=Cc1ccc2nc(C3CCCCN3)nn2c1. The van der Waals surface area contributed by atoms with Crippen molar-refractivity contribution < 1.29 is 4.79 Å². The van der Waals surface area contributed by atoms with Crippen molar-refractivity contribution in [2.45, 2.75) is 25.3 Å². The van der Waals surface area contributed by atoms with Crippen molar-refractivity contribution in [3.8, 4) is 0 Å². The summed E-state index contributed by atoms with van der Waals surface area (Å²) in [7, 11) is 0. The number of aldehydes is 1. The molecular formula is C12H14N4O. The van der Waals surface area contributed by atoms with Crippen LogP contribution in [0.1, 0.15) is 41.5 Å². The van der Waals surface area contributed by atoms with E-state index in [1.54, 1.807) is 16.8 Å². The van der Waals surface area contributed by atoms with Crippen molar-refractivity contribution in [1.29, 1.82) is 0 Å². The van der Waals surface area contributed by atoms with Gasteiger partial charge in [-0.2, -0.15) is 0 Å². The Morgan fingerprint density at radius 1 is 1.41 bits per heavy atom. The van der Waals surface area contributed by atoms with Crippen molar-refractivity contribution >= 4 is 11.9 Å². The molecule has 0 amide bonds. The van der Waals surface area contributed by atoms with E-state index < -0.39 is 0 Å². The topological polar surface area (TPSA) is 59.3 Å². The number of hydrogen-bond donors (Lipinski definition) is 1. The molecule has 3 heterocycles. The molecule has 0 aliphatic carbocycles. The van der Waals surface area contributed by atoms with E-state index in [1.165, 1.54) is 12.8 Å². The Labute approximate surface area is 98.9 Å². The standard InChI is InChI=1S/C12H14N4O/c17-8-9-4-5-11-14-12(15-16(11)7-9)10-3-1-2-6-13-10/h4-5,7-8,10,13H,1-3,6H2. The van der Waals surface area contributed by atoms with Crippen molar-refractivity contribution in [2.75, 3.05) is 6.54 Å². The maximum atomic E-state index is 10.7. The van der Waals surface area contributed by atoms with E-state index in [9.17, 15) is 4.79 Å². The molecule has 1 N–H and O–H groups in total. The predicted octanol–water partition coefficient (Wildman–Crippen LogP) is 1.36. The molecule has 1 fully saturated rings. The molecule has 0 spiro atoms. The highest BCUT2D eigenvalue weighted by atomic mass is 16.1. The number of nitrogens with one attached hydrogen (secondary N) is 1. The molecule has 5 heteroatoms. The van der Waals surface area contributed by atoms with E-state index in [-0.39, 0.29) is 6.04 Å². The molecule has 1 saturated heterocycles. The van der Waals surface area contributed by atoms with Gasteiger partial charge < -0.3 is 5.32 Å². The average molecular weight is 230 g/mol. The molecule has 0 saturated carbocycles. The Morgan fingerprint density at radius 3 is 3.12 bits per heavy atom. The molecular weight excluding hydrogens is 216 g/mol. The summed E-state index contributed by atoms with van der Waals surface area (Å²) in [6, 6.07) is 3.83. The van der Waals surface area contributed by atoms with Gasteiger partial charge in [-0.1, -0.05) is 6.42 Å². The van der Waals surface area contributed by atoms with Gasteiger partial charge in [-0.3, -0.25) is 4.79 Å². The smallest absolute Gasteiger partial charge is 0.168 e. The third-order valence-corrected chi connectivity index (χ3v) is 3.13. The summed E-state index contributed by atoms with van der Waals surface area (Å²) in [5, 5.41) is 7.85. The van der Waals surface area contributed by atoms with E-state index >= 15 is 0 Å². The van der Waals surface area contributed by atoms with Crippen molar-refractivity contribution in [1.82, 2.24) is 19.9 Å². The minimum Gasteiger partial charge on any atom is -0.307 e. The lowest BCUT2D eigenvalue weighted by Gasteiger charge is -2.20. The van der Waals surface area contributed by atoms with E-state index in [2.05, 4.69) is 15.4 Å². The molecule has 1 aliphatic rings. The lowest BCUT2D eigenvalue weighted by Crippen LogP contribution is -2.27. The highest BCUT2D eigenvalue weighted by Crippen LogP contribution is 2.20. The first-order valence-corrected chi connectivity index (χ1v) is 5.92. The fourth-order valence-corrected chi connectivity index (χ4v) is 2.21. The highest BCUT2D eigenvalue weighted by Gasteiger charge is 2.19. The van der Waals surface area contributed by atoms with Crippen molar-refractivity contribution in [2.24, 2.45) is 0 Å². The lowest BCUT2D eigenvalue weighted by atomic mass is 10.0. The minimum atomic E-state index is 0.253. The van der Waals surface area contributed by atoms with Crippen LogP contribution in [0, 0.1) is 0 Å². The Hall–Kier alpha value is -1.75. The molecule has 2 aromatic heterocycles. The van der Waals surface area contributed by atoms with Gasteiger partial charge in [-0.25, -0.2) is 9.50 Å². The van der Waals surface area contributed by atoms with E-state index in [4.69, 9.17) is 0 Å². The summed E-state index contributed by atoms with van der Waals surface area (Å²) in [5.74, 6) is 0.827. The normalized spacial score (nSPS) is 20.6. The maximum absolute atomic E-state index is 10.7. The largest absolute Gasteiger partial charge is 0.307 e. The van der Waals surface area contributed by atoms with Crippen LogP contribution < -0.4 is 5.32 Å². The molecule has 3 rings (SSSR count). The van der Waals surface area contributed by atoms with Crippen LogP contribution in [0.5, 0.6) is 0 Å². The first kappa shape index (κ1) is 10.4. The predicted molar refractivity (Wildman–Crippen MR) is 63.0 cm³/mol. The van der Waals surface area contributed by atoms with Crippen LogP contribution in [0.15, 0.2) is 18.3 Å². The lowest BCUT2D eigenvalue weighted by molar-refractivity contribution is 0.112. The first-order valence-electron chi connectivity index (χ1n) is 5.92. The monoisotopic (exact) mass is 230 g/mol. The highest BCUT2D eigenvalue weighted by molar-refractivity contribution is 5.74. The summed E-state index contributed by atoms with van der Waals surface area (Å²) >= 11 is 0. The molecule has 88 valence electrons. The zero-order valence-corrected chi connectivity index (χ0v) is 9.47. The second-order valence-corrected chi connectivity index (χ2v) is 4.36. The zero-order valence-electron chi connectivity index (χ0n) is 9.47. The number of rotatable bonds is 2. The summed E-state index contributed by atoms with van der Waals surface area (Å²) in [5.41, 5.74) is 1.41. The Balaban J connectivity index is 1.97. The number of nitrogens with zero attached hydrogens (tertiary/aromatic N) is 3. The van der Waals surface area contributed by atoms with Crippen molar-refractivity contribution in [3.63, 3.8) is 0 Å². The van der Waals surface area contributed by atoms with Crippen molar-refractivity contribution in [3.05, 3.63) is 29.7 Å². The molecule has 5 nitrogen and oxygen atoms in total. The van der Waals surface area contributed by atoms with Crippen LogP contribution >= 0.6 is 0 Å². The molecule has 0 radical (unpaired) electrons. The molecule has 1 aliphatic heterocycles. The average Bonchev–Trinajstić information content (AvgIpc) is 2.82. The number of pyridine rings is 1. The molecule has 2 aromatic rings. The van der Waals surface area contributed by atoms with Gasteiger partial charge in [0, 0.05) is 11.8 Å². The van der Waals surface area contributed by atoms with Gasteiger partial charge >= 0.3 is 0 Å². The number of hydrogen-bond acceptors (Lipinski definition) is 4. The van der Waals surface area contributed by atoms with Gasteiger partial charge in [0.25, 0.3) is 0 Å². The van der Waals surface area contributed by atoms with E-state index in [0.29, 0.717) is 5.56 Å². The molecule has 1 unspecified atom stereocenters. The second-order valence-electron chi connectivity index (χ2n) is 4.36. The summed E-state index contributed by atoms with van der Waals surface area (Å²) in [6.07, 6.45) is 6.05. The van der Waals surface area contributed by atoms with Gasteiger partial charge in [0.1, 0.15) is 0 Å². The van der Waals surface area contributed by atoms with Crippen LogP contribution in [0.4, 0.5) is 0 Å². The number of carbonyl (C=O) groups excluding carboxylic acids is 1. The fraction of sp³-hybridized carbons (Fsp3) is 0.417. The quantitative estimate of drug-likeness (QED) is 0.791. The molecule has 0 aromatic carbocycles.